The minimum atomic E-state index is -0.627. The molecule has 0 bridgehead atoms. The second-order valence-corrected chi connectivity index (χ2v) is 6.91. The molecule has 1 fully saturated rings. The van der Waals surface area contributed by atoms with Gasteiger partial charge in [-0.1, -0.05) is 60.7 Å². The van der Waals surface area contributed by atoms with Gasteiger partial charge in [-0.2, -0.15) is 0 Å². The monoisotopic (exact) mass is 396 g/mol. The number of carbonyl (C=O) groups excluding carboxylic acids is 3. The average molecular weight is 396 g/mol. The summed E-state index contributed by atoms with van der Waals surface area (Å²) in [5.74, 6) is 0.0362. The maximum absolute atomic E-state index is 12.1. The number of alkyl carbamates (subject to hydrolysis) is 2. The average Bonchev–Trinajstić information content (AvgIpc) is 2.74. The van der Waals surface area contributed by atoms with Crippen LogP contribution in [0.5, 0.6) is 0 Å². The third-order valence-corrected chi connectivity index (χ3v) is 4.70. The second-order valence-electron chi connectivity index (χ2n) is 6.91. The number of amides is 2. The number of carbonyl (C=O) groups is 3. The van der Waals surface area contributed by atoms with Crippen molar-refractivity contribution in [1.82, 2.24) is 10.6 Å². The molecule has 0 aliphatic heterocycles. The van der Waals surface area contributed by atoms with Crippen LogP contribution in [0, 0.1) is 0 Å². The number of nitrogens with one attached hydrogen (secondary N) is 2. The van der Waals surface area contributed by atoms with Gasteiger partial charge >= 0.3 is 12.2 Å². The van der Waals surface area contributed by atoms with Crippen molar-refractivity contribution in [3.8, 4) is 0 Å². The van der Waals surface area contributed by atoms with Crippen molar-refractivity contribution in [2.45, 2.75) is 44.6 Å². The molecule has 7 nitrogen and oxygen atoms in total. The maximum atomic E-state index is 12.1. The summed E-state index contributed by atoms with van der Waals surface area (Å²) in [5, 5.41) is 5.45. The first-order valence-electron chi connectivity index (χ1n) is 9.56. The van der Waals surface area contributed by atoms with Gasteiger partial charge < -0.3 is 20.1 Å². The number of benzene rings is 2. The molecular weight excluding hydrogens is 372 g/mol. The lowest BCUT2D eigenvalue weighted by Gasteiger charge is -2.31. The van der Waals surface area contributed by atoms with E-state index in [1.165, 1.54) is 0 Å². The smallest absolute Gasteiger partial charge is 0.407 e. The Kier molecular flexibility index (Phi) is 7.22. The summed E-state index contributed by atoms with van der Waals surface area (Å²) in [7, 11) is 0. The van der Waals surface area contributed by atoms with E-state index in [9.17, 15) is 14.4 Å². The molecule has 0 radical (unpaired) electrons. The largest absolute Gasteiger partial charge is 0.445 e. The van der Waals surface area contributed by atoms with E-state index in [1.807, 2.05) is 60.7 Å². The number of Topliss-reactive ketones (excluding diaryl/α,β-unsaturated/α-hetero) is 1. The van der Waals surface area contributed by atoms with Crippen molar-refractivity contribution in [2.75, 3.05) is 0 Å². The molecule has 0 unspecified atom stereocenters. The zero-order chi connectivity index (χ0) is 20.5. The molecule has 0 saturated heterocycles. The molecule has 2 N–H and O–H groups in total. The summed E-state index contributed by atoms with van der Waals surface area (Å²) in [5.41, 5.74) is 1.74. The summed E-state index contributed by atoms with van der Waals surface area (Å²) in [6, 6.07) is 17.7. The molecule has 1 aliphatic carbocycles. The minimum absolute atomic E-state index is 0.0362. The van der Waals surface area contributed by atoms with Gasteiger partial charge in [0.1, 0.15) is 19.0 Å². The predicted molar refractivity (Wildman–Crippen MR) is 106 cm³/mol. The summed E-state index contributed by atoms with van der Waals surface area (Å²) < 4.78 is 10.5. The third-order valence-electron chi connectivity index (χ3n) is 4.70. The van der Waals surface area contributed by atoms with E-state index >= 15 is 0 Å². The Balaban J connectivity index is 1.49. The van der Waals surface area contributed by atoms with Gasteiger partial charge in [0.15, 0.2) is 0 Å². The zero-order valence-electron chi connectivity index (χ0n) is 16.0. The van der Waals surface area contributed by atoms with Crippen LogP contribution in [0.1, 0.15) is 30.4 Å². The van der Waals surface area contributed by atoms with Crippen molar-refractivity contribution in [1.29, 1.82) is 0 Å². The van der Waals surface area contributed by atoms with E-state index in [-0.39, 0.29) is 25.4 Å². The van der Waals surface area contributed by atoms with E-state index in [0.29, 0.717) is 12.8 Å². The van der Waals surface area contributed by atoms with Crippen LogP contribution in [0.15, 0.2) is 60.7 Å². The number of hydrogen-bond acceptors (Lipinski definition) is 5. The van der Waals surface area contributed by atoms with Gasteiger partial charge in [-0.05, 0) is 17.5 Å². The summed E-state index contributed by atoms with van der Waals surface area (Å²) in [6.45, 7) is 0.278. The summed E-state index contributed by atoms with van der Waals surface area (Å²) in [4.78, 5) is 36.1. The Hall–Kier alpha value is -3.35. The van der Waals surface area contributed by atoms with Gasteiger partial charge in [0.25, 0.3) is 0 Å². The molecule has 2 atom stereocenters. The quantitative estimate of drug-likeness (QED) is 0.781. The van der Waals surface area contributed by atoms with Crippen molar-refractivity contribution in [3.63, 3.8) is 0 Å². The molecule has 2 amide bonds. The highest BCUT2D eigenvalue weighted by molar-refractivity contribution is 5.81. The van der Waals surface area contributed by atoms with Gasteiger partial charge in [0, 0.05) is 12.8 Å². The highest BCUT2D eigenvalue weighted by atomic mass is 16.6. The molecule has 2 aromatic rings. The number of ketones is 1. The Morgan fingerprint density at radius 2 is 1.28 bits per heavy atom. The molecular formula is C22H24N2O5. The third kappa shape index (κ3) is 6.64. The second kappa shape index (κ2) is 10.3. The van der Waals surface area contributed by atoms with Crippen molar-refractivity contribution >= 4 is 18.0 Å². The fourth-order valence-electron chi connectivity index (χ4n) is 3.16. The lowest BCUT2D eigenvalue weighted by molar-refractivity contribution is -0.121. The Bertz CT molecular complexity index is 826. The highest BCUT2D eigenvalue weighted by Gasteiger charge is 2.32. The zero-order valence-corrected chi connectivity index (χ0v) is 16.0. The van der Waals surface area contributed by atoms with Crippen molar-refractivity contribution < 1.29 is 23.9 Å². The van der Waals surface area contributed by atoms with Crippen LogP contribution in [-0.2, 0) is 27.5 Å². The van der Waals surface area contributed by atoms with Crippen LogP contribution >= 0.6 is 0 Å². The first kappa shape index (κ1) is 20.4. The number of rotatable bonds is 6. The molecule has 29 heavy (non-hydrogen) atoms. The lowest BCUT2D eigenvalue weighted by Crippen LogP contribution is -2.54. The molecule has 152 valence electrons. The molecule has 7 heteroatoms. The first-order chi connectivity index (χ1) is 14.1. The molecule has 1 aliphatic rings. The van der Waals surface area contributed by atoms with Gasteiger partial charge in [-0.3, -0.25) is 4.79 Å². The molecule has 0 aromatic heterocycles. The Labute approximate surface area is 169 Å². The van der Waals surface area contributed by atoms with Crippen LogP contribution in [0.4, 0.5) is 9.59 Å². The maximum Gasteiger partial charge on any atom is 0.407 e. The molecule has 0 heterocycles. The van der Waals surface area contributed by atoms with Crippen LogP contribution in [0.2, 0.25) is 0 Å². The van der Waals surface area contributed by atoms with E-state index in [4.69, 9.17) is 9.47 Å². The first-order valence-corrected chi connectivity index (χ1v) is 9.56. The van der Waals surface area contributed by atoms with Crippen molar-refractivity contribution in [3.05, 3.63) is 71.8 Å². The molecule has 0 spiro atoms. The SMILES string of the molecule is O=C1CC[C@@H](NC(=O)OCc2ccccc2)[C@@H](NC(=O)OCc2ccccc2)C1. The lowest BCUT2D eigenvalue weighted by atomic mass is 9.89. The van der Waals surface area contributed by atoms with E-state index in [0.717, 1.165) is 11.1 Å². The van der Waals surface area contributed by atoms with Crippen LogP contribution in [0.25, 0.3) is 0 Å². The van der Waals surface area contributed by atoms with Gasteiger partial charge in [-0.25, -0.2) is 9.59 Å². The van der Waals surface area contributed by atoms with Crippen LogP contribution < -0.4 is 10.6 Å². The fourth-order valence-corrected chi connectivity index (χ4v) is 3.16. The number of ether oxygens (including phenoxy) is 2. The van der Waals surface area contributed by atoms with Crippen LogP contribution in [0.3, 0.4) is 0 Å². The summed E-state index contributed by atoms with van der Waals surface area (Å²) in [6.07, 6.45) is -0.288. The van der Waals surface area contributed by atoms with Gasteiger partial charge in [0.05, 0.1) is 12.1 Å². The minimum Gasteiger partial charge on any atom is -0.445 e. The molecule has 1 saturated carbocycles. The van der Waals surface area contributed by atoms with E-state index < -0.39 is 24.3 Å². The Morgan fingerprint density at radius 1 is 0.793 bits per heavy atom. The van der Waals surface area contributed by atoms with Crippen molar-refractivity contribution in [2.24, 2.45) is 0 Å². The molecule has 3 rings (SSSR count). The standard InChI is InChI=1S/C22H24N2O5/c25-18-11-12-19(23-21(26)28-14-16-7-3-1-4-8-16)20(13-18)24-22(27)29-15-17-9-5-2-6-10-17/h1-10,19-20H,11-15H2,(H,23,26)(H,24,27)/t19-,20+/m1/s1. The van der Waals surface area contributed by atoms with Gasteiger partial charge in [0.2, 0.25) is 0 Å². The predicted octanol–water partition coefficient (Wildman–Crippen LogP) is 3.33. The van der Waals surface area contributed by atoms with Gasteiger partial charge in [-0.15, -0.1) is 0 Å². The highest BCUT2D eigenvalue weighted by Crippen LogP contribution is 2.17. The summed E-state index contributed by atoms with van der Waals surface area (Å²) >= 11 is 0. The Morgan fingerprint density at radius 3 is 1.79 bits per heavy atom. The van der Waals surface area contributed by atoms with E-state index in [1.54, 1.807) is 0 Å². The number of hydrogen-bond donors (Lipinski definition) is 2. The normalized spacial score (nSPS) is 18.6. The molecule has 2 aromatic carbocycles. The fraction of sp³-hybridized carbons (Fsp3) is 0.318. The topological polar surface area (TPSA) is 93.7 Å². The van der Waals surface area contributed by atoms with E-state index in [2.05, 4.69) is 10.6 Å². The van der Waals surface area contributed by atoms with Crippen LogP contribution in [-0.4, -0.2) is 30.1 Å².